The predicted molar refractivity (Wildman–Crippen MR) is 88.5 cm³/mol. The van der Waals surface area contributed by atoms with Crippen molar-refractivity contribution in [2.45, 2.75) is 31.1 Å². The highest BCUT2D eigenvalue weighted by Gasteiger charge is 2.43. The van der Waals surface area contributed by atoms with Gasteiger partial charge in [0.2, 0.25) is 0 Å². The summed E-state index contributed by atoms with van der Waals surface area (Å²) in [7, 11) is 0. The quantitative estimate of drug-likeness (QED) is 0.659. The van der Waals surface area contributed by atoms with Gasteiger partial charge in [0.05, 0.1) is 13.2 Å². The molecule has 1 aliphatic rings. The minimum absolute atomic E-state index is 0.0183. The van der Waals surface area contributed by atoms with Crippen LogP contribution in [-0.2, 0) is 11.3 Å². The summed E-state index contributed by atoms with van der Waals surface area (Å²) in [5.74, 6) is 0. The van der Waals surface area contributed by atoms with Crippen molar-refractivity contribution in [1.29, 1.82) is 0 Å². The lowest BCUT2D eigenvalue weighted by Crippen LogP contribution is -2.43. The SMILES string of the molecule is O=c1ccn(C2O[C@H](CO)[C@@H](O)[C@H]2O)c(=O)n1Cc1ccc(Cl)cc1. The number of benzene rings is 1. The monoisotopic (exact) mass is 368 g/mol. The van der Waals surface area contributed by atoms with E-state index in [1.165, 1.54) is 12.3 Å². The van der Waals surface area contributed by atoms with E-state index in [9.17, 15) is 19.8 Å². The van der Waals surface area contributed by atoms with Crippen molar-refractivity contribution in [1.82, 2.24) is 9.13 Å². The van der Waals surface area contributed by atoms with Crippen LogP contribution >= 0.6 is 11.6 Å². The van der Waals surface area contributed by atoms with Gasteiger partial charge in [-0.1, -0.05) is 23.7 Å². The van der Waals surface area contributed by atoms with Crippen molar-refractivity contribution in [3.8, 4) is 0 Å². The van der Waals surface area contributed by atoms with E-state index in [1.807, 2.05) is 0 Å². The number of aliphatic hydroxyl groups excluding tert-OH is 3. The van der Waals surface area contributed by atoms with Crippen LogP contribution in [0.2, 0.25) is 5.02 Å². The highest BCUT2D eigenvalue weighted by Crippen LogP contribution is 2.27. The molecule has 3 rings (SSSR count). The van der Waals surface area contributed by atoms with Crippen molar-refractivity contribution in [2.24, 2.45) is 0 Å². The van der Waals surface area contributed by atoms with Gasteiger partial charge in [-0.15, -0.1) is 0 Å². The molecule has 2 aromatic rings. The number of rotatable bonds is 4. The van der Waals surface area contributed by atoms with Crippen molar-refractivity contribution < 1.29 is 20.1 Å². The van der Waals surface area contributed by atoms with Crippen LogP contribution in [0, 0.1) is 0 Å². The van der Waals surface area contributed by atoms with Crippen LogP contribution < -0.4 is 11.2 Å². The molecule has 0 aliphatic carbocycles. The van der Waals surface area contributed by atoms with E-state index < -0.39 is 42.4 Å². The first-order valence-electron chi connectivity index (χ1n) is 7.61. The van der Waals surface area contributed by atoms with E-state index in [0.29, 0.717) is 10.6 Å². The van der Waals surface area contributed by atoms with Crippen molar-refractivity contribution >= 4 is 11.6 Å². The summed E-state index contributed by atoms with van der Waals surface area (Å²) in [5.41, 5.74) is -0.511. The van der Waals surface area contributed by atoms with Gasteiger partial charge >= 0.3 is 5.69 Å². The van der Waals surface area contributed by atoms with Crippen LogP contribution in [0.25, 0.3) is 0 Å². The summed E-state index contributed by atoms with van der Waals surface area (Å²) in [6.45, 7) is -0.488. The summed E-state index contributed by atoms with van der Waals surface area (Å²) < 4.78 is 7.36. The molecule has 0 spiro atoms. The topological polar surface area (TPSA) is 114 Å². The van der Waals surface area contributed by atoms with Crippen LogP contribution in [-0.4, -0.2) is 49.4 Å². The molecule has 0 bridgehead atoms. The first-order valence-corrected chi connectivity index (χ1v) is 7.99. The number of hydrogen-bond donors (Lipinski definition) is 3. The van der Waals surface area contributed by atoms with Crippen molar-refractivity contribution in [2.75, 3.05) is 6.61 Å². The van der Waals surface area contributed by atoms with Crippen LogP contribution in [0.15, 0.2) is 46.1 Å². The van der Waals surface area contributed by atoms with Crippen LogP contribution in [0.5, 0.6) is 0 Å². The maximum atomic E-state index is 12.7. The summed E-state index contributed by atoms with van der Waals surface area (Å²) >= 11 is 5.82. The van der Waals surface area contributed by atoms with Gasteiger partial charge in [-0.25, -0.2) is 4.79 Å². The van der Waals surface area contributed by atoms with Crippen LogP contribution in [0.1, 0.15) is 11.8 Å². The Labute approximate surface area is 147 Å². The fourth-order valence-corrected chi connectivity index (χ4v) is 2.88. The molecule has 25 heavy (non-hydrogen) atoms. The Hall–Kier alpha value is -1.97. The number of aliphatic hydroxyl groups is 3. The zero-order chi connectivity index (χ0) is 18.1. The second-order valence-corrected chi connectivity index (χ2v) is 6.22. The molecule has 1 aliphatic heterocycles. The highest BCUT2D eigenvalue weighted by atomic mass is 35.5. The molecule has 0 saturated carbocycles. The molecule has 134 valence electrons. The molecule has 1 fully saturated rings. The third-order valence-electron chi connectivity index (χ3n) is 4.14. The van der Waals surface area contributed by atoms with E-state index in [2.05, 4.69) is 0 Å². The molecule has 2 heterocycles. The third kappa shape index (κ3) is 3.39. The largest absolute Gasteiger partial charge is 0.394 e. The fraction of sp³-hybridized carbons (Fsp3) is 0.375. The molecule has 1 unspecified atom stereocenters. The summed E-state index contributed by atoms with van der Waals surface area (Å²) in [5, 5.41) is 29.6. The van der Waals surface area contributed by atoms with E-state index in [4.69, 9.17) is 21.4 Å². The fourth-order valence-electron chi connectivity index (χ4n) is 2.75. The maximum absolute atomic E-state index is 12.7. The summed E-state index contributed by atoms with van der Waals surface area (Å²) in [4.78, 5) is 24.7. The van der Waals surface area contributed by atoms with Gasteiger partial charge < -0.3 is 20.1 Å². The smallest absolute Gasteiger partial charge is 0.333 e. The Kier molecular flexibility index (Phi) is 5.07. The standard InChI is InChI=1S/C16H17ClN2O6/c17-10-3-1-9(2-4-10)7-19-12(21)5-6-18(16(19)24)15-14(23)13(22)11(8-20)25-15/h1-6,11,13-15,20,22-23H,7-8H2/t11-,13-,14-,15?/m1/s1. The Morgan fingerprint density at radius 2 is 1.76 bits per heavy atom. The number of hydrogen-bond acceptors (Lipinski definition) is 6. The Balaban J connectivity index is 1.97. The zero-order valence-electron chi connectivity index (χ0n) is 13.0. The van der Waals surface area contributed by atoms with Gasteiger partial charge in [0.1, 0.15) is 18.3 Å². The number of nitrogens with zero attached hydrogens (tertiary/aromatic N) is 2. The molecule has 0 radical (unpaired) electrons. The molecule has 1 aromatic carbocycles. The van der Waals surface area contributed by atoms with Gasteiger partial charge in [-0.3, -0.25) is 13.9 Å². The lowest BCUT2D eigenvalue weighted by molar-refractivity contribution is -0.0555. The van der Waals surface area contributed by atoms with E-state index in [1.54, 1.807) is 24.3 Å². The lowest BCUT2D eigenvalue weighted by atomic mass is 10.1. The second-order valence-electron chi connectivity index (χ2n) is 5.79. The Bertz CT molecular complexity index is 862. The minimum atomic E-state index is -1.41. The highest BCUT2D eigenvalue weighted by molar-refractivity contribution is 6.30. The molecule has 3 N–H and O–H groups in total. The van der Waals surface area contributed by atoms with Crippen molar-refractivity contribution in [3.63, 3.8) is 0 Å². The van der Waals surface area contributed by atoms with E-state index in [-0.39, 0.29) is 6.54 Å². The van der Waals surface area contributed by atoms with Crippen molar-refractivity contribution in [3.05, 3.63) is 68.0 Å². The first kappa shape index (κ1) is 17.8. The average Bonchev–Trinajstić information content (AvgIpc) is 2.88. The average molecular weight is 369 g/mol. The molecule has 9 heteroatoms. The molecule has 4 atom stereocenters. The predicted octanol–water partition coefficient (Wildman–Crippen LogP) is -0.677. The molecular formula is C16H17ClN2O6. The van der Waals surface area contributed by atoms with Gasteiger partial charge in [-0.05, 0) is 17.7 Å². The lowest BCUT2D eigenvalue weighted by Gasteiger charge is -2.18. The Morgan fingerprint density at radius 1 is 1.08 bits per heavy atom. The van der Waals surface area contributed by atoms with Crippen LogP contribution in [0.4, 0.5) is 0 Å². The third-order valence-corrected chi connectivity index (χ3v) is 4.39. The van der Waals surface area contributed by atoms with Gasteiger partial charge in [0, 0.05) is 17.3 Å². The summed E-state index contributed by atoms with van der Waals surface area (Å²) in [6.07, 6.45) is -3.75. The number of aromatic nitrogens is 2. The first-order chi connectivity index (χ1) is 11.9. The molecule has 0 amide bonds. The second kappa shape index (κ2) is 7.11. The summed E-state index contributed by atoms with van der Waals surface area (Å²) in [6, 6.07) is 7.85. The minimum Gasteiger partial charge on any atom is -0.394 e. The van der Waals surface area contributed by atoms with Gasteiger partial charge in [0.25, 0.3) is 5.56 Å². The number of ether oxygens (including phenoxy) is 1. The molecular weight excluding hydrogens is 352 g/mol. The maximum Gasteiger partial charge on any atom is 0.333 e. The van der Waals surface area contributed by atoms with Gasteiger partial charge in [-0.2, -0.15) is 0 Å². The normalized spacial score (nSPS) is 26.1. The van der Waals surface area contributed by atoms with Gasteiger partial charge in [0.15, 0.2) is 6.23 Å². The van der Waals surface area contributed by atoms with E-state index in [0.717, 1.165) is 9.13 Å². The zero-order valence-corrected chi connectivity index (χ0v) is 13.8. The molecule has 1 saturated heterocycles. The molecule has 1 aromatic heterocycles. The number of halogens is 1. The molecule has 8 nitrogen and oxygen atoms in total. The van der Waals surface area contributed by atoms with Crippen LogP contribution in [0.3, 0.4) is 0 Å². The Morgan fingerprint density at radius 3 is 2.36 bits per heavy atom. The van der Waals surface area contributed by atoms with E-state index >= 15 is 0 Å².